The van der Waals surface area contributed by atoms with Crippen molar-refractivity contribution in [1.29, 1.82) is 0 Å². The summed E-state index contributed by atoms with van der Waals surface area (Å²) in [7, 11) is -4.01. The number of ether oxygens (including phenoxy) is 1. The third-order valence-electron chi connectivity index (χ3n) is 4.06. The summed E-state index contributed by atoms with van der Waals surface area (Å²) in [5.41, 5.74) is 0.178. The molecule has 0 saturated carbocycles. The van der Waals surface area contributed by atoms with Crippen molar-refractivity contribution in [1.82, 2.24) is 5.32 Å². The molecule has 2 N–H and O–H groups in total. The van der Waals surface area contributed by atoms with Crippen molar-refractivity contribution in [2.24, 2.45) is 0 Å². The van der Waals surface area contributed by atoms with Gasteiger partial charge in [-0.2, -0.15) is 0 Å². The summed E-state index contributed by atoms with van der Waals surface area (Å²) in [4.78, 5) is 12.3. The van der Waals surface area contributed by atoms with E-state index in [1.54, 1.807) is 24.3 Å². The van der Waals surface area contributed by atoms with E-state index in [0.29, 0.717) is 10.8 Å². The molecule has 6 nitrogen and oxygen atoms in total. The molecule has 162 valence electrons. The van der Waals surface area contributed by atoms with E-state index in [-0.39, 0.29) is 34.3 Å². The number of hydrogen-bond donors (Lipinski definition) is 2. The van der Waals surface area contributed by atoms with Gasteiger partial charge in [-0.15, -0.1) is 0 Å². The summed E-state index contributed by atoms with van der Waals surface area (Å²) in [6.45, 7) is 0.359. The predicted molar refractivity (Wildman–Crippen MR) is 118 cm³/mol. The fourth-order valence-corrected chi connectivity index (χ4v) is 3.95. The zero-order valence-corrected chi connectivity index (χ0v) is 18.3. The summed E-state index contributed by atoms with van der Waals surface area (Å²) < 4.78 is 46.0. The first-order chi connectivity index (χ1) is 14.7. The van der Waals surface area contributed by atoms with E-state index in [9.17, 15) is 17.6 Å². The molecule has 3 aromatic carbocycles. The fourth-order valence-electron chi connectivity index (χ4n) is 2.54. The molecule has 0 aliphatic heterocycles. The Labute approximate surface area is 189 Å². The molecule has 0 fully saturated rings. The quantitative estimate of drug-likeness (QED) is 0.454. The standard InChI is InChI=1S/C21H17Cl2FN2O4S/c22-14-1-7-17(8-2-14)30-12-11-25-21(27)19-13-18(9-10-20(19)23)31(28,29)26-16-5-3-15(24)4-6-16/h1-10,13,26H,11-12H2,(H,25,27). The molecule has 0 aromatic heterocycles. The average molecular weight is 483 g/mol. The minimum Gasteiger partial charge on any atom is -0.492 e. The lowest BCUT2D eigenvalue weighted by molar-refractivity contribution is 0.0947. The van der Waals surface area contributed by atoms with E-state index in [1.165, 1.54) is 30.3 Å². The Kier molecular flexibility index (Phi) is 7.37. The Bertz CT molecular complexity index is 1170. The topological polar surface area (TPSA) is 84.5 Å². The van der Waals surface area contributed by atoms with Crippen LogP contribution in [0.4, 0.5) is 10.1 Å². The smallest absolute Gasteiger partial charge is 0.261 e. The SMILES string of the molecule is O=C(NCCOc1ccc(Cl)cc1)c1cc(S(=O)(=O)Nc2ccc(F)cc2)ccc1Cl. The molecule has 3 rings (SSSR count). The van der Waals surface area contributed by atoms with Crippen LogP contribution < -0.4 is 14.8 Å². The van der Waals surface area contributed by atoms with E-state index in [0.717, 1.165) is 12.1 Å². The molecule has 0 heterocycles. The second kappa shape index (κ2) is 10.00. The number of sulfonamides is 1. The number of hydrogen-bond acceptors (Lipinski definition) is 4. The number of carbonyl (C=O) groups is 1. The van der Waals surface area contributed by atoms with Gasteiger partial charge in [-0.3, -0.25) is 9.52 Å². The highest BCUT2D eigenvalue weighted by atomic mass is 35.5. The van der Waals surface area contributed by atoms with Crippen molar-refractivity contribution in [2.75, 3.05) is 17.9 Å². The maximum absolute atomic E-state index is 13.0. The fraction of sp³-hybridized carbons (Fsp3) is 0.0952. The second-order valence-corrected chi connectivity index (χ2v) is 8.84. The van der Waals surface area contributed by atoms with Gasteiger partial charge in [-0.05, 0) is 66.7 Å². The molecule has 0 unspecified atom stereocenters. The van der Waals surface area contributed by atoms with Gasteiger partial charge in [0.15, 0.2) is 0 Å². The zero-order chi connectivity index (χ0) is 22.4. The molecule has 0 radical (unpaired) electrons. The van der Waals surface area contributed by atoms with Crippen LogP contribution in [0.1, 0.15) is 10.4 Å². The molecule has 10 heteroatoms. The Morgan fingerprint density at radius 2 is 1.65 bits per heavy atom. The largest absolute Gasteiger partial charge is 0.492 e. The van der Waals surface area contributed by atoms with E-state index >= 15 is 0 Å². The monoisotopic (exact) mass is 482 g/mol. The van der Waals surface area contributed by atoms with Crippen molar-refractivity contribution < 1.29 is 22.3 Å². The maximum atomic E-state index is 13.0. The lowest BCUT2D eigenvalue weighted by Crippen LogP contribution is -2.28. The van der Waals surface area contributed by atoms with E-state index in [2.05, 4.69) is 10.0 Å². The van der Waals surface area contributed by atoms with Gasteiger partial charge in [0.1, 0.15) is 18.2 Å². The molecule has 0 saturated heterocycles. The van der Waals surface area contributed by atoms with Crippen molar-refractivity contribution >= 4 is 44.8 Å². The molecular weight excluding hydrogens is 466 g/mol. The van der Waals surface area contributed by atoms with Crippen LogP contribution in [0, 0.1) is 5.82 Å². The van der Waals surface area contributed by atoms with Crippen LogP contribution in [-0.4, -0.2) is 27.5 Å². The number of nitrogens with one attached hydrogen (secondary N) is 2. The molecule has 0 aliphatic carbocycles. The van der Waals surface area contributed by atoms with Gasteiger partial charge >= 0.3 is 0 Å². The Morgan fingerprint density at radius 3 is 2.32 bits per heavy atom. The Hall–Kier alpha value is -2.81. The van der Waals surface area contributed by atoms with E-state index in [4.69, 9.17) is 27.9 Å². The maximum Gasteiger partial charge on any atom is 0.261 e. The number of halogens is 3. The summed E-state index contributed by atoms with van der Waals surface area (Å²) in [6, 6.07) is 15.4. The number of carbonyl (C=O) groups excluding carboxylic acids is 1. The van der Waals surface area contributed by atoms with E-state index < -0.39 is 21.7 Å². The molecule has 0 atom stereocenters. The van der Waals surface area contributed by atoms with Gasteiger partial charge < -0.3 is 10.1 Å². The summed E-state index contributed by atoms with van der Waals surface area (Å²) in [5.74, 6) is -0.450. The summed E-state index contributed by atoms with van der Waals surface area (Å²) >= 11 is 11.9. The highest BCUT2D eigenvalue weighted by Gasteiger charge is 2.19. The third kappa shape index (κ3) is 6.33. The zero-order valence-electron chi connectivity index (χ0n) is 15.9. The molecule has 1 amide bonds. The minimum absolute atomic E-state index is 0.00450. The first kappa shape index (κ1) is 22.9. The van der Waals surface area contributed by atoms with Crippen LogP contribution in [0.2, 0.25) is 10.0 Å². The average Bonchev–Trinajstić information content (AvgIpc) is 2.74. The van der Waals surface area contributed by atoms with Gasteiger partial charge in [0, 0.05) is 10.7 Å². The van der Waals surface area contributed by atoms with Crippen LogP contribution in [0.3, 0.4) is 0 Å². The minimum atomic E-state index is -4.01. The summed E-state index contributed by atoms with van der Waals surface area (Å²) in [5, 5.41) is 3.30. The van der Waals surface area contributed by atoms with Crippen LogP contribution in [0.15, 0.2) is 71.6 Å². The van der Waals surface area contributed by atoms with Crippen LogP contribution in [0.5, 0.6) is 5.75 Å². The van der Waals surface area contributed by atoms with Gasteiger partial charge in [-0.1, -0.05) is 23.2 Å². The predicted octanol–water partition coefficient (Wildman–Crippen LogP) is 4.74. The van der Waals surface area contributed by atoms with Crippen LogP contribution in [-0.2, 0) is 10.0 Å². The highest BCUT2D eigenvalue weighted by molar-refractivity contribution is 7.92. The van der Waals surface area contributed by atoms with Gasteiger partial charge in [0.25, 0.3) is 15.9 Å². The van der Waals surface area contributed by atoms with E-state index in [1.807, 2.05) is 0 Å². The number of rotatable bonds is 8. The highest BCUT2D eigenvalue weighted by Crippen LogP contribution is 2.23. The lowest BCUT2D eigenvalue weighted by Gasteiger charge is -2.11. The summed E-state index contributed by atoms with van der Waals surface area (Å²) in [6.07, 6.45) is 0. The molecule has 31 heavy (non-hydrogen) atoms. The second-order valence-electron chi connectivity index (χ2n) is 6.31. The van der Waals surface area contributed by atoms with Crippen molar-refractivity contribution in [3.8, 4) is 5.75 Å². The number of anilines is 1. The van der Waals surface area contributed by atoms with Crippen molar-refractivity contribution in [2.45, 2.75) is 4.90 Å². The molecule has 3 aromatic rings. The van der Waals surface area contributed by atoms with Gasteiger partial charge in [0.05, 0.1) is 22.0 Å². The molecule has 0 spiro atoms. The number of amides is 1. The Morgan fingerprint density at radius 1 is 0.968 bits per heavy atom. The molecule has 0 aliphatic rings. The van der Waals surface area contributed by atoms with Crippen LogP contribution >= 0.6 is 23.2 Å². The molecule has 0 bridgehead atoms. The van der Waals surface area contributed by atoms with Gasteiger partial charge in [0.2, 0.25) is 0 Å². The number of benzene rings is 3. The van der Waals surface area contributed by atoms with Gasteiger partial charge in [-0.25, -0.2) is 12.8 Å². The molecular formula is C21H17Cl2FN2O4S. The van der Waals surface area contributed by atoms with Crippen molar-refractivity contribution in [3.63, 3.8) is 0 Å². The lowest BCUT2D eigenvalue weighted by atomic mass is 10.2. The normalized spacial score (nSPS) is 11.1. The van der Waals surface area contributed by atoms with Crippen LogP contribution in [0.25, 0.3) is 0 Å². The Balaban J connectivity index is 1.64. The first-order valence-corrected chi connectivity index (χ1v) is 11.2. The van der Waals surface area contributed by atoms with Crippen molar-refractivity contribution in [3.05, 3.63) is 88.2 Å². The first-order valence-electron chi connectivity index (χ1n) is 8.99. The third-order valence-corrected chi connectivity index (χ3v) is 6.02.